The minimum absolute atomic E-state index is 0.0685. The highest BCUT2D eigenvalue weighted by atomic mass is 16.5. The highest BCUT2D eigenvalue weighted by Crippen LogP contribution is 2.28. The van der Waals surface area contributed by atoms with Crippen LogP contribution >= 0.6 is 0 Å². The monoisotopic (exact) mass is 318 g/mol. The number of carbonyl (C=O) groups excluding carboxylic acids is 1. The summed E-state index contributed by atoms with van der Waals surface area (Å²) in [5.74, 6) is 1.85. The highest BCUT2D eigenvalue weighted by molar-refractivity contribution is 5.96. The van der Waals surface area contributed by atoms with E-state index in [1.54, 1.807) is 0 Å². The van der Waals surface area contributed by atoms with E-state index in [2.05, 4.69) is 29.0 Å². The Bertz CT molecular complexity index is 580. The van der Waals surface area contributed by atoms with Gasteiger partial charge in [-0.3, -0.25) is 4.79 Å². The second kappa shape index (κ2) is 6.83. The van der Waals surface area contributed by atoms with Crippen LogP contribution in [0.15, 0.2) is 0 Å². The van der Waals surface area contributed by atoms with E-state index in [-0.39, 0.29) is 11.8 Å². The first-order valence-electron chi connectivity index (χ1n) is 8.65. The molecule has 23 heavy (non-hydrogen) atoms. The Morgan fingerprint density at radius 1 is 1.30 bits per heavy atom. The third kappa shape index (κ3) is 3.32. The number of ether oxygens (including phenoxy) is 1. The summed E-state index contributed by atoms with van der Waals surface area (Å²) in [5.41, 5.74) is 1.57. The van der Waals surface area contributed by atoms with Crippen LogP contribution in [0.25, 0.3) is 0 Å². The van der Waals surface area contributed by atoms with E-state index in [9.17, 15) is 4.79 Å². The number of piperidine rings is 1. The molecule has 6 heteroatoms. The number of carbonyl (C=O) groups is 1. The Morgan fingerprint density at radius 2 is 2.04 bits per heavy atom. The molecular weight excluding hydrogens is 292 g/mol. The first kappa shape index (κ1) is 16.2. The predicted octanol–water partition coefficient (Wildman–Crippen LogP) is 1.89. The quantitative estimate of drug-likeness (QED) is 0.918. The third-order valence-corrected chi connectivity index (χ3v) is 4.54. The smallest absolute Gasteiger partial charge is 0.270 e. The maximum absolute atomic E-state index is 12.2. The van der Waals surface area contributed by atoms with Gasteiger partial charge in [-0.2, -0.15) is 0 Å². The second-order valence-corrected chi connectivity index (χ2v) is 6.53. The topological polar surface area (TPSA) is 67.3 Å². The number of nitrogens with one attached hydrogen (secondary N) is 1. The molecule has 0 radical (unpaired) electrons. The van der Waals surface area contributed by atoms with Gasteiger partial charge >= 0.3 is 0 Å². The lowest BCUT2D eigenvalue weighted by atomic mass is 10.0. The normalized spacial score (nSPS) is 19.0. The van der Waals surface area contributed by atoms with Crippen molar-refractivity contribution in [2.75, 3.05) is 31.1 Å². The Kier molecular flexibility index (Phi) is 4.80. The van der Waals surface area contributed by atoms with E-state index >= 15 is 0 Å². The number of hydrogen-bond acceptors (Lipinski definition) is 5. The highest BCUT2D eigenvalue weighted by Gasteiger charge is 2.29. The fourth-order valence-corrected chi connectivity index (χ4v) is 3.28. The van der Waals surface area contributed by atoms with Crippen LogP contribution in [-0.4, -0.2) is 48.2 Å². The van der Waals surface area contributed by atoms with Crippen molar-refractivity contribution < 1.29 is 9.53 Å². The average molecular weight is 318 g/mol. The SMILES string of the molecule is CCOC1CCN(c2nc(C(C)C)nc3c2CCNC3=O)CC1. The van der Waals surface area contributed by atoms with Gasteiger partial charge in [0.1, 0.15) is 17.3 Å². The molecule has 3 rings (SSSR count). The number of amides is 1. The summed E-state index contributed by atoms with van der Waals surface area (Å²) in [5, 5.41) is 2.89. The van der Waals surface area contributed by atoms with Crippen molar-refractivity contribution in [1.29, 1.82) is 0 Å². The molecular formula is C17H26N4O2. The zero-order chi connectivity index (χ0) is 16.4. The molecule has 0 bridgehead atoms. The molecule has 0 atom stereocenters. The Hall–Kier alpha value is -1.69. The van der Waals surface area contributed by atoms with Gasteiger partial charge in [-0.05, 0) is 26.2 Å². The maximum Gasteiger partial charge on any atom is 0.270 e. The summed E-state index contributed by atoms with van der Waals surface area (Å²) < 4.78 is 5.74. The predicted molar refractivity (Wildman–Crippen MR) is 89.0 cm³/mol. The van der Waals surface area contributed by atoms with Crippen LogP contribution in [0.2, 0.25) is 0 Å². The van der Waals surface area contributed by atoms with Crippen LogP contribution in [0.4, 0.5) is 5.82 Å². The molecule has 1 N–H and O–H groups in total. The molecule has 6 nitrogen and oxygen atoms in total. The van der Waals surface area contributed by atoms with Gasteiger partial charge in [0.05, 0.1) is 6.10 Å². The lowest BCUT2D eigenvalue weighted by Crippen LogP contribution is -2.40. The van der Waals surface area contributed by atoms with Crippen molar-refractivity contribution in [2.24, 2.45) is 0 Å². The molecule has 0 spiro atoms. The van der Waals surface area contributed by atoms with Gasteiger partial charge in [-0.1, -0.05) is 13.8 Å². The standard InChI is InChI=1S/C17H26N4O2/c1-4-23-12-6-9-21(10-7-12)16-13-5-8-18-17(22)14(13)19-15(20-16)11(2)3/h11-12H,4-10H2,1-3H3,(H,18,22). The minimum Gasteiger partial charge on any atom is -0.378 e. The molecule has 1 amide bonds. The van der Waals surface area contributed by atoms with E-state index in [0.29, 0.717) is 18.3 Å². The van der Waals surface area contributed by atoms with Crippen LogP contribution in [0.1, 0.15) is 61.4 Å². The Balaban J connectivity index is 1.90. The Morgan fingerprint density at radius 3 is 2.70 bits per heavy atom. The lowest BCUT2D eigenvalue weighted by molar-refractivity contribution is 0.0458. The molecule has 1 saturated heterocycles. The summed E-state index contributed by atoms with van der Waals surface area (Å²) >= 11 is 0. The number of nitrogens with zero attached hydrogens (tertiary/aromatic N) is 3. The number of hydrogen-bond donors (Lipinski definition) is 1. The first-order valence-corrected chi connectivity index (χ1v) is 8.65. The van der Waals surface area contributed by atoms with Gasteiger partial charge in [0.15, 0.2) is 0 Å². The fraction of sp³-hybridized carbons (Fsp3) is 0.706. The summed E-state index contributed by atoms with van der Waals surface area (Å²) in [6.45, 7) is 9.45. The zero-order valence-corrected chi connectivity index (χ0v) is 14.3. The van der Waals surface area contributed by atoms with E-state index in [1.807, 2.05) is 6.92 Å². The average Bonchev–Trinajstić information content (AvgIpc) is 2.55. The van der Waals surface area contributed by atoms with Crippen LogP contribution < -0.4 is 10.2 Å². The zero-order valence-electron chi connectivity index (χ0n) is 14.3. The molecule has 0 saturated carbocycles. The molecule has 126 valence electrons. The molecule has 1 aromatic rings. The van der Waals surface area contributed by atoms with Crippen LogP contribution in [0.5, 0.6) is 0 Å². The van der Waals surface area contributed by atoms with Crippen molar-refractivity contribution >= 4 is 11.7 Å². The largest absolute Gasteiger partial charge is 0.378 e. The number of fused-ring (bicyclic) bond motifs is 1. The summed E-state index contributed by atoms with van der Waals surface area (Å²) in [6, 6.07) is 0. The van der Waals surface area contributed by atoms with E-state index in [1.165, 1.54) is 0 Å². The third-order valence-electron chi connectivity index (χ3n) is 4.54. The molecule has 0 aromatic carbocycles. The molecule has 3 heterocycles. The van der Waals surface area contributed by atoms with E-state index in [0.717, 1.165) is 56.2 Å². The van der Waals surface area contributed by atoms with E-state index < -0.39 is 0 Å². The van der Waals surface area contributed by atoms with Crippen LogP contribution in [0.3, 0.4) is 0 Å². The van der Waals surface area contributed by atoms with Crippen molar-refractivity contribution in [3.63, 3.8) is 0 Å². The Labute approximate surface area is 137 Å². The molecule has 1 fully saturated rings. The van der Waals surface area contributed by atoms with Crippen LogP contribution in [-0.2, 0) is 11.2 Å². The molecule has 2 aliphatic rings. The summed E-state index contributed by atoms with van der Waals surface area (Å²) in [4.78, 5) is 23.8. The van der Waals surface area contributed by atoms with Crippen molar-refractivity contribution in [1.82, 2.24) is 15.3 Å². The van der Waals surface area contributed by atoms with Crippen molar-refractivity contribution in [3.05, 3.63) is 17.1 Å². The van der Waals surface area contributed by atoms with Crippen LogP contribution in [0, 0.1) is 0 Å². The molecule has 1 aromatic heterocycles. The number of aromatic nitrogens is 2. The van der Waals surface area contributed by atoms with Gasteiger partial charge in [-0.25, -0.2) is 9.97 Å². The fourth-order valence-electron chi connectivity index (χ4n) is 3.28. The van der Waals surface area contributed by atoms with Gasteiger partial charge in [0, 0.05) is 37.7 Å². The first-order chi connectivity index (χ1) is 11.1. The number of anilines is 1. The summed E-state index contributed by atoms with van der Waals surface area (Å²) in [6.07, 6.45) is 3.17. The molecule has 0 unspecified atom stereocenters. The maximum atomic E-state index is 12.2. The van der Waals surface area contributed by atoms with E-state index in [4.69, 9.17) is 9.72 Å². The molecule has 0 aliphatic carbocycles. The van der Waals surface area contributed by atoms with Crippen molar-refractivity contribution in [2.45, 2.75) is 52.1 Å². The van der Waals surface area contributed by atoms with Gasteiger partial charge in [0.2, 0.25) is 0 Å². The van der Waals surface area contributed by atoms with Gasteiger partial charge < -0.3 is 15.0 Å². The lowest BCUT2D eigenvalue weighted by Gasteiger charge is -2.35. The number of rotatable bonds is 4. The minimum atomic E-state index is -0.0685. The molecule has 2 aliphatic heterocycles. The van der Waals surface area contributed by atoms with Crippen molar-refractivity contribution in [3.8, 4) is 0 Å². The van der Waals surface area contributed by atoms with Gasteiger partial charge in [-0.15, -0.1) is 0 Å². The summed E-state index contributed by atoms with van der Waals surface area (Å²) in [7, 11) is 0. The van der Waals surface area contributed by atoms with Gasteiger partial charge in [0.25, 0.3) is 5.91 Å². The second-order valence-electron chi connectivity index (χ2n) is 6.53.